The molecule has 2 rings (SSSR count). The zero-order chi connectivity index (χ0) is 13.4. The lowest BCUT2D eigenvalue weighted by molar-refractivity contribution is -0.141. The summed E-state index contributed by atoms with van der Waals surface area (Å²) in [6, 6.07) is -0.372. The Kier molecular flexibility index (Phi) is 3.38. The number of hydrogen-bond donors (Lipinski definition) is 2. The molecule has 3 atom stereocenters. The van der Waals surface area contributed by atoms with Crippen molar-refractivity contribution in [1.82, 2.24) is 10.2 Å². The number of amides is 3. The Balaban J connectivity index is 1.88. The summed E-state index contributed by atoms with van der Waals surface area (Å²) in [6.07, 6.45) is 1.09. The molecule has 6 heteroatoms. The summed E-state index contributed by atoms with van der Waals surface area (Å²) in [4.78, 5) is 36.0. The number of likely N-dealkylation sites (tertiary alicyclic amines) is 1. The maximum Gasteiger partial charge on any atom is 0.234 e. The van der Waals surface area contributed by atoms with E-state index in [1.54, 1.807) is 0 Å². The fraction of sp³-hybridized carbons (Fsp3) is 0.750. The Labute approximate surface area is 106 Å². The number of imide groups is 1. The van der Waals surface area contributed by atoms with E-state index in [0.717, 1.165) is 0 Å². The molecule has 0 bridgehead atoms. The number of nitrogens with one attached hydrogen (secondary N) is 1. The third kappa shape index (κ3) is 2.38. The van der Waals surface area contributed by atoms with Crippen LogP contribution in [0.4, 0.5) is 0 Å². The second-order valence-electron chi connectivity index (χ2n) is 5.34. The quantitative estimate of drug-likeness (QED) is 0.608. The van der Waals surface area contributed by atoms with Gasteiger partial charge in [-0.3, -0.25) is 19.3 Å². The Hall–Kier alpha value is -1.43. The molecule has 2 fully saturated rings. The predicted molar refractivity (Wildman–Crippen MR) is 64.2 cm³/mol. The summed E-state index contributed by atoms with van der Waals surface area (Å²) in [7, 11) is 0. The Morgan fingerprint density at radius 2 is 1.94 bits per heavy atom. The third-order valence-corrected chi connectivity index (χ3v) is 3.48. The van der Waals surface area contributed by atoms with E-state index in [0.29, 0.717) is 12.8 Å². The molecule has 3 unspecified atom stereocenters. The molecule has 100 valence electrons. The third-order valence-electron chi connectivity index (χ3n) is 3.48. The van der Waals surface area contributed by atoms with E-state index < -0.39 is 11.9 Å². The summed E-state index contributed by atoms with van der Waals surface area (Å²) in [5, 5.41) is 3.03. The zero-order valence-electron chi connectivity index (χ0n) is 10.7. The van der Waals surface area contributed by atoms with Crippen LogP contribution in [-0.2, 0) is 14.4 Å². The number of fused-ring (bicyclic) bond motifs is 1. The molecule has 0 spiro atoms. The molecule has 3 N–H and O–H groups in total. The van der Waals surface area contributed by atoms with E-state index in [1.807, 2.05) is 13.8 Å². The van der Waals surface area contributed by atoms with Gasteiger partial charge in [0.25, 0.3) is 0 Å². The van der Waals surface area contributed by atoms with Gasteiger partial charge in [0.05, 0.1) is 17.9 Å². The molecule has 0 aromatic carbocycles. The summed E-state index contributed by atoms with van der Waals surface area (Å²) in [5.41, 5.74) is 5.29. The summed E-state index contributed by atoms with van der Waals surface area (Å²) in [5.74, 6) is -0.784. The fourth-order valence-electron chi connectivity index (χ4n) is 2.44. The van der Waals surface area contributed by atoms with Crippen LogP contribution in [0.1, 0.15) is 26.7 Å². The minimum atomic E-state index is -0.498. The molecule has 3 amide bonds. The summed E-state index contributed by atoms with van der Waals surface area (Å²) < 4.78 is 0. The van der Waals surface area contributed by atoms with Gasteiger partial charge in [0.1, 0.15) is 0 Å². The Morgan fingerprint density at radius 1 is 1.39 bits per heavy atom. The molecule has 1 saturated carbocycles. The molecule has 1 heterocycles. The molecule has 18 heavy (non-hydrogen) atoms. The first kappa shape index (κ1) is 13.0. The van der Waals surface area contributed by atoms with Crippen molar-refractivity contribution in [3.8, 4) is 0 Å². The number of nitrogens with zero attached hydrogens (tertiary/aromatic N) is 1. The average Bonchev–Trinajstić information content (AvgIpc) is 3.01. The maximum atomic E-state index is 11.7. The van der Waals surface area contributed by atoms with Crippen LogP contribution in [0.5, 0.6) is 0 Å². The van der Waals surface area contributed by atoms with Gasteiger partial charge in [-0.2, -0.15) is 0 Å². The molecular weight excluding hydrogens is 234 g/mol. The zero-order valence-corrected chi connectivity index (χ0v) is 10.7. The molecule has 2 aliphatic rings. The lowest BCUT2D eigenvalue weighted by atomic mass is 10.1. The van der Waals surface area contributed by atoms with E-state index in [2.05, 4.69) is 5.32 Å². The average molecular weight is 253 g/mol. The number of primary amides is 1. The van der Waals surface area contributed by atoms with E-state index in [1.165, 1.54) is 4.90 Å². The van der Waals surface area contributed by atoms with Crippen LogP contribution in [0.15, 0.2) is 0 Å². The van der Waals surface area contributed by atoms with Crippen LogP contribution in [0.25, 0.3) is 0 Å². The standard InChI is InChI=1S/C12H19N3O3/c1-6(2)14-9(10(13)16)3-4-15-11(17)7-5-8(7)12(15)18/h6-9,14H,3-5H2,1-2H3,(H2,13,16). The largest absolute Gasteiger partial charge is 0.368 e. The van der Waals surface area contributed by atoms with Crippen molar-refractivity contribution in [2.75, 3.05) is 6.54 Å². The molecule has 1 saturated heterocycles. The highest BCUT2D eigenvalue weighted by molar-refractivity contribution is 6.08. The van der Waals surface area contributed by atoms with E-state index in [9.17, 15) is 14.4 Å². The van der Waals surface area contributed by atoms with Crippen LogP contribution in [0, 0.1) is 11.8 Å². The minimum Gasteiger partial charge on any atom is -0.368 e. The smallest absolute Gasteiger partial charge is 0.234 e. The highest BCUT2D eigenvalue weighted by atomic mass is 16.2. The summed E-state index contributed by atoms with van der Waals surface area (Å²) >= 11 is 0. The molecule has 1 aliphatic heterocycles. The molecule has 0 radical (unpaired) electrons. The van der Waals surface area contributed by atoms with Crippen LogP contribution in [0.3, 0.4) is 0 Å². The van der Waals surface area contributed by atoms with E-state index in [4.69, 9.17) is 5.73 Å². The van der Waals surface area contributed by atoms with E-state index in [-0.39, 0.29) is 36.2 Å². The SMILES string of the molecule is CC(C)NC(CCN1C(=O)C2CC2C1=O)C(N)=O. The first-order valence-corrected chi connectivity index (χ1v) is 6.32. The lowest BCUT2D eigenvalue weighted by Gasteiger charge is -2.22. The number of rotatable bonds is 6. The van der Waals surface area contributed by atoms with Gasteiger partial charge in [0, 0.05) is 12.6 Å². The molecule has 0 aromatic rings. The first-order valence-electron chi connectivity index (χ1n) is 6.32. The van der Waals surface area contributed by atoms with Gasteiger partial charge in [0.2, 0.25) is 17.7 Å². The van der Waals surface area contributed by atoms with Gasteiger partial charge in [-0.15, -0.1) is 0 Å². The van der Waals surface area contributed by atoms with Crippen LogP contribution >= 0.6 is 0 Å². The monoisotopic (exact) mass is 253 g/mol. The number of nitrogens with two attached hydrogens (primary N) is 1. The molecule has 1 aliphatic carbocycles. The molecular formula is C12H19N3O3. The normalized spacial score (nSPS) is 27.6. The van der Waals surface area contributed by atoms with Crippen molar-refractivity contribution >= 4 is 17.7 Å². The Morgan fingerprint density at radius 3 is 2.39 bits per heavy atom. The minimum absolute atomic E-state index is 0.0809. The highest BCUT2D eigenvalue weighted by Crippen LogP contribution is 2.46. The van der Waals surface area contributed by atoms with Crippen molar-refractivity contribution in [2.45, 2.75) is 38.8 Å². The van der Waals surface area contributed by atoms with Gasteiger partial charge >= 0.3 is 0 Å². The van der Waals surface area contributed by atoms with Crippen LogP contribution in [0.2, 0.25) is 0 Å². The van der Waals surface area contributed by atoms with Crippen LogP contribution in [-0.4, -0.2) is 41.2 Å². The number of hydrogen-bond acceptors (Lipinski definition) is 4. The molecule has 6 nitrogen and oxygen atoms in total. The number of carbonyl (C=O) groups excluding carboxylic acids is 3. The van der Waals surface area contributed by atoms with Crippen LogP contribution < -0.4 is 11.1 Å². The fourth-order valence-corrected chi connectivity index (χ4v) is 2.44. The van der Waals surface area contributed by atoms with Gasteiger partial charge in [-0.1, -0.05) is 13.8 Å². The summed E-state index contributed by atoms with van der Waals surface area (Å²) in [6.45, 7) is 4.10. The van der Waals surface area contributed by atoms with Crippen molar-refractivity contribution in [1.29, 1.82) is 0 Å². The van der Waals surface area contributed by atoms with Crippen molar-refractivity contribution in [3.05, 3.63) is 0 Å². The number of piperidine rings is 1. The van der Waals surface area contributed by atoms with Gasteiger partial charge in [-0.05, 0) is 12.8 Å². The second kappa shape index (κ2) is 4.68. The molecule has 0 aromatic heterocycles. The van der Waals surface area contributed by atoms with Gasteiger partial charge in [0.15, 0.2) is 0 Å². The predicted octanol–water partition coefficient (Wildman–Crippen LogP) is -0.767. The lowest BCUT2D eigenvalue weighted by Crippen LogP contribution is -2.47. The van der Waals surface area contributed by atoms with Crippen molar-refractivity contribution in [2.24, 2.45) is 17.6 Å². The second-order valence-corrected chi connectivity index (χ2v) is 5.34. The van der Waals surface area contributed by atoms with Crippen molar-refractivity contribution < 1.29 is 14.4 Å². The van der Waals surface area contributed by atoms with Crippen molar-refractivity contribution in [3.63, 3.8) is 0 Å². The topological polar surface area (TPSA) is 92.5 Å². The van der Waals surface area contributed by atoms with E-state index >= 15 is 0 Å². The maximum absolute atomic E-state index is 11.7. The van der Waals surface area contributed by atoms with Gasteiger partial charge in [-0.25, -0.2) is 0 Å². The highest BCUT2D eigenvalue weighted by Gasteiger charge is 2.58. The Bertz CT molecular complexity index is 374. The van der Waals surface area contributed by atoms with Gasteiger partial charge < -0.3 is 11.1 Å². The first-order chi connectivity index (χ1) is 8.41. The number of carbonyl (C=O) groups is 3.